The van der Waals surface area contributed by atoms with Gasteiger partial charge in [0.05, 0.1) is 20.5 Å². The van der Waals surface area contributed by atoms with Gasteiger partial charge in [0, 0.05) is 41.3 Å². The molecule has 1 aliphatic heterocycles. The smallest absolute Gasteiger partial charge is 0.328 e. The van der Waals surface area contributed by atoms with Crippen LogP contribution in [-0.4, -0.2) is 69.3 Å². The Bertz CT molecular complexity index is 1930. The molecule has 2 amide bonds. The first-order valence-corrected chi connectivity index (χ1v) is 17.2. The lowest BCUT2D eigenvalue weighted by Crippen LogP contribution is -2.61. The van der Waals surface area contributed by atoms with Crippen molar-refractivity contribution in [2.45, 2.75) is 35.7 Å². The van der Waals surface area contributed by atoms with Crippen molar-refractivity contribution in [2.24, 2.45) is 0 Å². The number of rotatable bonds is 9. The number of amides is 2. The Balaban J connectivity index is 1.66. The zero-order valence-electron chi connectivity index (χ0n) is 24.6. The molecule has 3 N–H and O–H groups in total. The number of nitrogens with one attached hydrogen (secondary N) is 1. The minimum absolute atomic E-state index is 0.0343. The van der Waals surface area contributed by atoms with Gasteiger partial charge in [-0.3, -0.25) is 20.0 Å². The van der Waals surface area contributed by atoms with E-state index >= 15 is 0 Å². The predicted molar refractivity (Wildman–Crippen MR) is 180 cm³/mol. The zero-order chi connectivity index (χ0) is 34.7. The van der Waals surface area contributed by atoms with Crippen molar-refractivity contribution < 1.29 is 33.0 Å². The number of aliphatic carboxylic acids is 1. The minimum Gasteiger partial charge on any atom is -0.508 e. The molecule has 1 aromatic heterocycles. The average molecular weight is 752 g/mol. The van der Waals surface area contributed by atoms with E-state index in [-0.39, 0.29) is 55.7 Å². The van der Waals surface area contributed by atoms with Gasteiger partial charge in [0.2, 0.25) is 10.0 Å². The van der Waals surface area contributed by atoms with Gasteiger partial charge in [0.25, 0.3) is 11.8 Å². The summed E-state index contributed by atoms with van der Waals surface area (Å²) in [6, 6.07) is 14.6. The fourth-order valence-corrected chi connectivity index (χ4v) is 8.46. The highest BCUT2D eigenvalue weighted by molar-refractivity contribution is 7.89. The maximum atomic E-state index is 14.9. The highest BCUT2D eigenvalue weighted by Gasteiger charge is 2.50. The summed E-state index contributed by atoms with van der Waals surface area (Å²) in [5.74, 6) is -4.49. The van der Waals surface area contributed by atoms with Gasteiger partial charge in [-0.15, -0.1) is 0 Å². The van der Waals surface area contributed by atoms with Crippen LogP contribution in [0.15, 0.2) is 90.1 Å². The predicted octanol–water partition coefficient (Wildman–Crippen LogP) is 5.82. The number of aromatic hydroxyl groups is 1. The molecule has 1 unspecified atom stereocenters. The van der Waals surface area contributed by atoms with Crippen LogP contribution in [-0.2, 0) is 26.0 Å². The number of carbonyl (C=O) groups excluding carboxylic acids is 2. The number of phenolic OH excluding ortho intramolecular Hbond substituents is 1. The van der Waals surface area contributed by atoms with Crippen molar-refractivity contribution in [3.05, 3.63) is 122 Å². The van der Waals surface area contributed by atoms with Crippen LogP contribution >= 0.6 is 46.4 Å². The second-order valence-corrected chi connectivity index (χ2v) is 14.4. The van der Waals surface area contributed by atoms with Crippen LogP contribution in [0.2, 0.25) is 20.1 Å². The van der Waals surface area contributed by atoms with Crippen molar-refractivity contribution in [3.8, 4) is 5.75 Å². The number of benzene rings is 3. The molecule has 3 aromatic carbocycles. The van der Waals surface area contributed by atoms with E-state index in [2.05, 4.69) is 10.4 Å². The number of halogens is 4. The molecule has 48 heavy (non-hydrogen) atoms. The molecule has 250 valence electrons. The standard InChI is InChI=1S/C32H26Cl4N4O7S/c33-20-13-21(34)15-23(14-20)48(46,47)39-11-10-24(19-6-8-22(41)9-7-19)29(39)31(43)40(27(32(44)45)12-18-4-2-1-3-5-18)38-30(42)28-25(35)16-37-17-26(28)36/h1-9,13-17,24,27,29,41H,10-12H2,(H,38,42)(H,44,45)/t24?,27-,29-/m0/s1. The quantitative estimate of drug-likeness (QED) is 0.181. The summed E-state index contributed by atoms with van der Waals surface area (Å²) in [6.45, 7) is -0.172. The molecule has 1 fully saturated rings. The van der Waals surface area contributed by atoms with E-state index in [9.17, 15) is 33.0 Å². The van der Waals surface area contributed by atoms with Gasteiger partial charge in [0.1, 0.15) is 11.8 Å². The monoisotopic (exact) mass is 750 g/mol. The third-order valence-corrected chi connectivity index (χ3v) is 10.6. The van der Waals surface area contributed by atoms with E-state index in [1.54, 1.807) is 30.3 Å². The maximum absolute atomic E-state index is 14.9. The molecule has 3 atom stereocenters. The van der Waals surface area contributed by atoms with Crippen LogP contribution in [0.5, 0.6) is 5.75 Å². The molecule has 0 aliphatic carbocycles. The maximum Gasteiger partial charge on any atom is 0.328 e. The van der Waals surface area contributed by atoms with Crippen molar-refractivity contribution in [1.82, 2.24) is 19.7 Å². The molecule has 0 radical (unpaired) electrons. The Morgan fingerprint density at radius 1 is 0.938 bits per heavy atom. The molecule has 0 bridgehead atoms. The normalized spacial score (nSPS) is 17.1. The molecule has 1 aliphatic rings. The van der Waals surface area contributed by atoms with Crippen molar-refractivity contribution in [1.29, 1.82) is 0 Å². The van der Waals surface area contributed by atoms with Crippen LogP contribution in [0.3, 0.4) is 0 Å². The number of pyridine rings is 1. The Labute approximate surface area is 295 Å². The Kier molecular flexibility index (Phi) is 10.8. The van der Waals surface area contributed by atoms with Crippen LogP contribution in [0.1, 0.15) is 33.8 Å². The Morgan fingerprint density at radius 2 is 1.54 bits per heavy atom. The fraction of sp³-hybridized carbons (Fsp3) is 0.188. The molecular formula is C32H26Cl4N4O7S. The third kappa shape index (κ3) is 7.54. The van der Waals surface area contributed by atoms with Crippen molar-refractivity contribution >= 4 is 74.2 Å². The van der Waals surface area contributed by atoms with Crippen LogP contribution in [0.4, 0.5) is 0 Å². The molecule has 1 saturated heterocycles. The summed E-state index contributed by atoms with van der Waals surface area (Å²) in [5.41, 5.74) is 3.08. The van der Waals surface area contributed by atoms with Gasteiger partial charge in [-0.2, -0.15) is 4.31 Å². The summed E-state index contributed by atoms with van der Waals surface area (Å²) in [4.78, 5) is 44.9. The number of carbonyl (C=O) groups is 3. The molecule has 11 nitrogen and oxygen atoms in total. The van der Waals surface area contributed by atoms with Gasteiger partial charge in [-0.25, -0.2) is 18.2 Å². The lowest BCUT2D eigenvalue weighted by atomic mass is 9.91. The zero-order valence-corrected chi connectivity index (χ0v) is 28.5. The topological polar surface area (TPSA) is 157 Å². The first-order chi connectivity index (χ1) is 22.8. The van der Waals surface area contributed by atoms with Gasteiger partial charge in [-0.05, 0) is 47.9 Å². The number of sulfonamides is 1. The molecule has 0 spiro atoms. The first kappa shape index (κ1) is 35.4. The van der Waals surface area contributed by atoms with Gasteiger partial charge in [-0.1, -0.05) is 88.9 Å². The van der Waals surface area contributed by atoms with Gasteiger partial charge >= 0.3 is 5.97 Å². The number of hydrazine groups is 1. The summed E-state index contributed by atoms with van der Waals surface area (Å²) >= 11 is 24.7. The number of hydrogen-bond donors (Lipinski definition) is 3. The van der Waals surface area contributed by atoms with Gasteiger partial charge in [0.15, 0.2) is 6.04 Å². The van der Waals surface area contributed by atoms with E-state index in [1.807, 2.05) is 0 Å². The number of phenols is 1. The first-order valence-electron chi connectivity index (χ1n) is 14.2. The number of aromatic nitrogens is 1. The molecule has 5 rings (SSSR count). The summed E-state index contributed by atoms with van der Waals surface area (Å²) in [5, 5.41) is 20.7. The Morgan fingerprint density at radius 3 is 2.12 bits per heavy atom. The van der Waals surface area contributed by atoms with Gasteiger partial charge < -0.3 is 10.2 Å². The fourth-order valence-electron chi connectivity index (χ4n) is 5.56. The summed E-state index contributed by atoms with van der Waals surface area (Å²) in [7, 11) is -4.50. The second-order valence-electron chi connectivity index (χ2n) is 10.8. The summed E-state index contributed by atoms with van der Waals surface area (Å²) in [6.07, 6.45) is 2.15. The summed E-state index contributed by atoms with van der Waals surface area (Å²) < 4.78 is 29.3. The number of carboxylic acids is 1. The SMILES string of the molecule is O=C(NN(C(=O)[C@@H]1C(c2ccc(O)cc2)CCN1S(=O)(=O)c1cc(Cl)cc(Cl)c1)[C@@H](Cc1ccccc1)C(=O)O)c1c(Cl)cncc1Cl. The van der Waals surface area contributed by atoms with Crippen LogP contribution < -0.4 is 5.43 Å². The molecule has 2 heterocycles. The highest BCUT2D eigenvalue weighted by Crippen LogP contribution is 2.39. The van der Waals surface area contributed by atoms with E-state index in [0.717, 1.165) is 16.7 Å². The van der Waals surface area contributed by atoms with E-state index in [4.69, 9.17) is 46.4 Å². The largest absolute Gasteiger partial charge is 0.508 e. The number of hydrogen-bond acceptors (Lipinski definition) is 7. The van der Waals surface area contributed by atoms with Crippen molar-refractivity contribution in [2.75, 3.05) is 6.54 Å². The Hall–Kier alpha value is -3.91. The number of carboxylic acid groups (broad SMARTS) is 1. The lowest BCUT2D eigenvalue weighted by Gasteiger charge is -2.35. The molecular weight excluding hydrogens is 726 g/mol. The number of nitrogens with zero attached hydrogens (tertiary/aromatic N) is 3. The minimum atomic E-state index is -4.50. The van der Waals surface area contributed by atoms with Crippen LogP contribution in [0, 0.1) is 0 Å². The van der Waals surface area contributed by atoms with E-state index < -0.39 is 45.8 Å². The molecule has 16 heteroatoms. The van der Waals surface area contributed by atoms with E-state index in [0.29, 0.717) is 16.1 Å². The average Bonchev–Trinajstić information content (AvgIpc) is 3.49. The second kappa shape index (κ2) is 14.7. The van der Waals surface area contributed by atoms with E-state index in [1.165, 1.54) is 42.5 Å². The molecule has 0 saturated carbocycles. The molecule has 4 aromatic rings. The third-order valence-electron chi connectivity index (χ3n) is 7.78. The highest BCUT2D eigenvalue weighted by atomic mass is 35.5. The van der Waals surface area contributed by atoms with Crippen molar-refractivity contribution in [3.63, 3.8) is 0 Å². The lowest BCUT2D eigenvalue weighted by molar-refractivity contribution is -0.154. The van der Waals surface area contributed by atoms with Crippen LogP contribution in [0.25, 0.3) is 0 Å².